The summed E-state index contributed by atoms with van der Waals surface area (Å²) < 4.78 is 49.4. The summed E-state index contributed by atoms with van der Waals surface area (Å²) in [6.45, 7) is 6.17. The highest BCUT2D eigenvalue weighted by atomic mass is 19.4. The highest BCUT2D eigenvalue weighted by Gasteiger charge is 2.41. The zero-order valence-electron chi connectivity index (χ0n) is 19.8. The number of rotatable bonds is 8. The van der Waals surface area contributed by atoms with Crippen molar-refractivity contribution in [3.05, 3.63) is 23.8 Å². The summed E-state index contributed by atoms with van der Waals surface area (Å²) in [5, 5.41) is 20.8. The van der Waals surface area contributed by atoms with Gasteiger partial charge in [0.15, 0.2) is 11.5 Å². The molecule has 10 heteroatoms. The van der Waals surface area contributed by atoms with E-state index >= 15 is 0 Å². The molecule has 1 aromatic carbocycles. The molecule has 1 saturated carbocycles. The first kappa shape index (κ1) is 26.4. The third kappa shape index (κ3) is 7.15. The molecule has 1 unspecified atom stereocenters. The van der Waals surface area contributed by atoms with Crippen molar-refractivity contribution in [3.63, 3.8) is 0 Å². The number of nitrogens with zero attached hydrogens (tertiary/aromatic N) is 2. The van der Waals surface area contributed by atoms with Gasteiger partial charge in [-0.2, -0.15) is 0 Å². The molecule has 2 aliphatic rings. The first-order valence-electron chi connectivity index (χ1n) is 11.9. The van der Waals surface area contributed by atoms with E-state index in [0.717, 1.165) is 19.3 Å². The summed E-state index contributed by atoms with van der Waals surface area (Å²) in [5.74, 6) is -0.720. The summed E-state index contributed by atoms with van der Waals surface area (Å²) in [5.41, 5.74) is -0.501. The first-order valence-corrected chi connectivity index (χ1v) is 11.9. The zero-order chi connectivity index (χ0) is 24.9. The maximum absolute atomic E-state index is 13.2. The summed E-state index contributed by atoms with van der Waals surface area (Å²) >= 11 is 0. The number of carboxylic acid groups (broad SMARTS) is 1. The van der Waals surface area contributed by atoms with E-state index in [2.05, 4.69) is 9.64 Å². The Morgan fingerprint density at radius 2 is 1.74 bits per heavy atom. The minimum absolute atomic E-state index is 0.0132. The van der Waals surface area contributed by atoms with Crippen LogP contribution >= 0.6 is 0 Å². The maximum Gasteiger partial charge on any atom is 0.573 e. The molecule has 3 rings (SSSR count). The molecule has 1 aliphatic heterocycles. The zero-order valence-corrected chi connectivity index (χ0v) is 19.8. The Hall–Kier alpha value is -2.20. The molecule has 1 saturated heterocycles. The van der Waals surface area contributed by atoms with Crippen molar-refractivity contribution in [3.8, 4) is 11.5 Å². The highest BCUT2D eigenvalue weighted by molar-refractivity contribution is 5.65. The quantitative estimate of drug-likeness (QED) is 0.552. The second kappa shape index (κ2) is 11.0. The lowest BCUT2D eigenvalue weighted by Gasteiger charge is -2.43. The van der Waals surface area contributed by atoms with Crippen molar-refractivity contribution in [1.82, 2.24) is 9.80 Å². The van der Waals surface area contributed by atoms with Crippen LogP contribution in [0.2, 0.25) is 0 Å². The molecule has 1 heterocycles. The van der Waals surface area contributed by atoms with E-state index in [4.69, 9.17) is 4.74 Å². The van der Waals surface area contributed by atoms with Crippen LogP contribution in [0.15, 0.2) is 18.2 Å². The van der Waals surface area contributed by atoms with Crippen LogP contribution in [-0.4, -0.2) is 77.4 Å². The predicted molar refractivity (Wildman–Crippen MR) is 120 cm³/mol. The van der Waals surface area contributed by atoms with E-state index in [0.29, 0.717) is 51.1 Å². The van der Waals surface area contributed by atoms with Crippen LogP contribution in [0.25, 0.3) is 0 Å². The Morgan fingerprint density at radius 3 is 2.29 bits per heavy atom. The molecule has 1 amide bonds. The van der Waals surface area contributed by atoms with Crippen LogP contribution in [-0.2, 0) is 0 Å². The number of halogens is 3. The fraction of sp³-hybridized carbons (Fsp3) is 0.708. The molecule has 2 N–H and O–H groups in total. The van der Waals surface area contributed by atoms with E-state index in [1.165, 1.54) is 17.0 Å². The number of hydrogen-bond donors (Lipinski definition) is 2. The Morgan fingerprint density at radius 1 is 1.09 bits per heavy atom. The summed E-state index contributed by atoms with van der Waals surface area (Å²) in [4.78, 5) is 14.6. The van der Waals surface area contributed by atoms with Gasteiger partial charge < -0.3 is 24.6 Å². The van der Waals surface area contributed by atoms with Crippen LogP contribution < -0.4 is 9.47 Å². The Labute approximate surface area is 198 Å². The van der Waals surface area contributed by atoms with E-state index in [9.17, 15) is 28.2 Å². The van der Waals surface area contributed by atoms with Crippen molar-refractivity contribution < 1.29 is 37.7 Å². The van der Waals surface area contributed by atoms with Crippen LogP contribution in [0.3, 0.4) is 0 Å². The second-order valence-corrected chi connectivity index (χ2v) is 9.75. The minimum atomic E-state index is -4.88. The average molecular weight is 489 g/mol. The van der Waals surface area contributed by atoms with Crippen LogP contribution in [0, 0.1) is 5.92 Å². The molecule has 0 aromatic heterocycles. The van der Waals surface area contributed by atoms with E-state index < -0.39 is 29.7 Å². The van der Waals surface area contributed by atoms with Crippen LogP contribution in [0.1, 0.15) is 57.4 Å². The van der Waals surface area contributed by atoms with Gasteiger partial charge in [0.2, 0.25) is 0 Å². The van der Waals surface area contributed by atoms with Gasteiger partial charge in [0, 0.05) is 38.6 Å². The number of amides is 1. The number of alkyl halides is 3. The van der Waals surface area contributed by atoms with Gasteiger partial charge in [0.05, 0.1) is 12.2 Å². The largest absolute Gasteiger partial charge is 0.573 e. The minimum Gasteiger partial charge on any atom is -0.489 e. The average Bonchev–Trinajstić information content (AvgIpc) is 2.76. The van der Waals surface area contributed by atoms with Gasteiger partial charge in [0.1, 0.15) is 0 Å². The third-order valence-electron chi connectivity index (χ3n) is 6.62. The fourth-order valence-electron chi connectivity index (χ4n) is 4.80. The van der Waals surface area contributed by atoms with Crippen molar-refractivity contribution in [1.29, 1.82) is 0 Å². The Balaban J connectivity index is 1.89. The topological polar surface area (TPSA) is 82.5 Å². The number of hydrogen-bond acceptors (Lipinski definition) is 5. The van der Waals surface area contributed by atoms with Crippen molar-refractivity contribution >= 4 is 6.09 Å². The van der Waals surface area contributed by atoms with Crippen molar-refractivity contribution in [2.75, 3.05) is 39.3 Å². The standard InChI is InChI=1S/C24H35F3N2O5/c1-17(2)16-33-20-7-6-18(14-21(20)34-24(25,26)27)19(23(32)8-4-3-5-9-23)15-28-10-12-29(13-11-28)22(30)31/h6-7,14,17,19,32H,3-5,8-13,15-16H2,1-2H3,(H,30,31). The fourth-order valence-corrected chi connectivity index (χ4v) is 4.80. The van der Waals surface area contributed by atoms with E-state index in [1.54, 1.807) is 6.07 Å². The van der Waals surface area contributed by atoms with Gasteiger partial charge in [-0.05, 0) is 36.5 Å². The monoisotopic (exact) mass is 488 g/mol. The summed E-state index contributed by atoms with van der Waals surface area (Å²) in [6.07, 6.45) is -2.01. The molecular formula is C24H35F3N2O5. The van der Waals surface area contributed by atoms with Gasteiger partial charge in [-0.3, -0.25) is 4.90 Å². The highest BCUT2D eigenvalue weighted by Crippen LogP contribution is 2.43. The number of benzene rings is 1. The lowest BCUT2D eigenvalue weighted by molar-refractivity contribution is -0.275. The summed E-state index contributed by atoms with van der Waals surface area (Å²) in [6, 6.07) is 4.54. The molecule has 2 fully saturated rings. The molecule has 34 heavy (non-hydrogen) atoms. The van der Waals surface area contributed by atoms with Gasteiger partial charge in [-0.25, -0.2) is 4.79 Å². The molecule has 0 spiro atoms. The molecule has 192 valence electrons. The Bertz CT molecular complexity index is 819. The van der Waals surface area contributed by atoms with Gasteiger partial charge in [-0.15, -0.1) is 13.2 Å². The van der Waals surface area contributed by atoms with E-state index in [1.807, 2.05) is 13.8 Å². The molecule has 1 aliphatic carbocycles. The molecule has 7 nitrogen and oxygen atoms in total. The smallest absolute Gasteiger partial charge is 0.489 e. The third-order valence-corrected chi connectivity index (χ3v) is 6.62. The Kier molecular flexibility index (Phi) is 8.57. The SMILES string of the molecule is CC(C)COc1ccc(C(CN2CCN(C(=O)O)CC2)C2(O)CCCCC2)cc1OC(F)(F)F. The molecular weight excluding hydrogens is 453 g/mol. The van der Waals surface area contributed by atoms with Crippen LogP contribution in [0.5, 0.6) is 11.5 Å². The second-order valence-electron chi connectivity index (χ2n) is 9.75. The number of piperazine rings is 1. The van der Waals surface area contributed by atoms with E-state index in [-0.39, 0.29) is 18.3 Å². The number of aliphatic hydroxyl groups is 1. The van der Waals surface area contributed by atoms with Crippen molar-refractivity contribution in [2.45, 2.75) is 63.8 Å². The molecule has 0 bridgehead atoms. The molecule has 1 atom stereocenters. The number of carbonyl (C=O) groups is 1. The lowest BCUT2D eigenvalue weighted by atomic mass is 9.72. The molecule has 1 aromatic rings. The van der Waals surface area contributed by atoms with Gasteiger partial charge in [0.25, 0.3) is 0 Å². The summed E-state index contributed by atoms with van der Waals surface area (Å²) in [7, 11) is 0. The first-order chi connectivity index (χ1) is 16.0. The van der Waals surface area contributed by atoms with Gasteiger partial charge in [-0.1, -0.05) is 39.2 Å². The maximum atomic E-state index is 13.2. The number of ether oxygens (including phenoxy) is 2. The normalized spacial score (nSPS) is 20.3. The molecule has 0 radical (unpaired) electrons. The van der Waals surface area contributed by atoms with Crippen LogP contribution in [0.4, 0.5) is 18.0 Å². The predicted octanol–water partition coefficient (Wildman–Crippen LogP) is 4.69. The lowest BCUT2D eigenvalue weighted by Crippen LogP contribution is -2.51. The van der Waals surface area contributed by atoms with Crippen molar-refractivity contribution in [2.24, 2.45) is 5.92 Å². The van der Waals surface area contributed by atoms with Gasteiger partial charge >= 0.3 is 12.5 Å².